The molecule has 3 fully saturated rings. The molecule has 1 heteroatoms. The summed E-state index contributed by atoms with van der Waals surface area (Å²) in [5, 5.41) is 0. The van der Waals surface area contributed by atoms with E-state index in [4.69, 9.17) is 4.74 Å². The molecule has 11 heavy (non-hydrogen) atoms. The molecular weight excluding hydrogens is 136 g/mol. The van der Waals surface area contributed by atoms with Crippen molar-refractivity contribution in [1.29, 1.82) is 0 Å². The van der Waals surface area contributed by atoms with Gasteiger partial charge in [0.1, 0.15) is 0 Å². The van der Waals surface area contributed by atoms with Crippen LogP contribution in [0.2, 0.25) is 0 Å². The maximum atomic E-state index is 5.71. The van der Waals surface area contributed by atoms with Crippen molar-refractivity contribution < 1.29 is 4.74 Å². The highest BCUT2D eigenvalue weighted by molar-refractivity contribution is 4.91. The smallest absolute Gasteiger partial charge is 0.0634 e. The average Bonchev–Trinajstić information content (AvgIpc) is 2.02. The second-order valence-corrected chi connectivity index (χ2v) is 4.16. The van der Waals surface area contributed by atoms with E-state index in [9.17, 15) is 0 Å². The summed E-state index contributed by atoms with van der Waals surface area (Å²) in [4.78, 5) is 0. The van der Waals surface area contributed by atoms with Gasteiger partial charge in [-0.15, -0.1) is 0 Å². The van der Waals surface area contributed by atoms with Crippen molar-refractivity contribution in [1.82, 2.24) is 0 Å². The van der Waals surface area contributed by atoms with Crippen LogP contribution in [0.25, 0.3) is 0 Å². The first-order valence-corrected chi connectivity index (χ1v) is 4.96. The lowest BCUT2D eigenvalue weighted by atomic mass is 9.73. The Morgan fingerprint density at radius 1 is 1.45 bits per heavy atom. The number of ether oxygens (including phenoxy) is 1. The van der Waals surface area contributed by atoms with Crippen LogP contribution in [0.5, 0.6) is 0 Å². The molecule has 1 saturated carbocycles. The largest absolute Gasteiger partial charge is 0.374 e. The van der Waals surface area contributed by atoms with E-state index in [0.29, 0.717) is 12.2 Å². The van der Waals surface area contributed by atoms with Gasteiger partial charge >= 0.3 is 0 Å². The number of rotatable bonds is 2. The lowest BCUT2D eigenvalue weighted by Crippen LogP contribution is -2.49. The second-order valence-electron chi connectivity index (χ2n) is 4.16. The number of hydrogen-bond donors (Lipinski definition) is 0. The van der Waals surface area contributed by atoms with Crippen LogP contribution < -0.4 is 0 Å². The highest BCUT2D eigenvalue weighted by Crippen LogP contribution is 2.42. The van der Waals surface area contributed by atoms with Gasteiger partial charge < -0.3 is 4.74 Å². The number of hydrogen-bond acceptors (Lipinski definition) is 1. The first kappa shape index (κ1) is 7.60. The minimum atomic E-state index is 0.642. The SMILES string of the molecule is CCC(C)C1CCC2CC1O2. The van der Waals surface area contributed by atoms with Crippen LogP contribution in [0.3, 0.4) is 0 Å². The zero-order valence-electron chi connectivity index (χ0n) is 7.55. The topological polar surface area (TPSA) is 9.23 Å². The Kier molecular flexibility index (Phi) is 1.92. The van der Waals surface area contributed by atoms with Crippen molar-refractivity contribution in [2.75, 3.05) is 0 Å². The standard InChI is InChI=1S/C10H18O/c1-3-7(2)9-5-4-8-6-10(9)11-8/h7-10H,3-6H2,1-2H3. The third kappa shape index (κ3) is 1.20. The first-order valence-electron chi connectivity index (χ1n) is 4.96. The fraction of sp³-hybridized carbons (Fsp3) is 1.00. The van der Waals surface area contributed by atoms with E-state index >= 15 is 0 Å². The second kappa shape index (κ2) is 2.78. The summed E-state index contributed by atoms with van der Waals surface area (Å²) < 4.78 is 5.71. The predicted molar refractivity (Wildman–Crippen MR) is 45.5 cm³/mol. The lowest BCUT2D eigenvalue weighted by Gasteiger charge is -2.48. The summed E-state index contributed by atoms with van der Waals surface area (Å²) in [6.07, 6.45) is 6.71. The van der Waals surface area contributed by atoms with Crippen LogP contribution in [0, 0.1) is 11.8 Å². The predicted octanol–water partition coefficient (Wildman–Crippen LogP) is 2.60. The van der Waals surface area contributed by atoms with Crippen LogP contribution in [0.1, 0.15) is 39.5 Å². The fourth-order valence-electron chi connectivity index (χ4n) is 2.47. The summed E-state index contributed by atoms with van der Waals surface area (Å²) in [7, 11) is 0. The van der Waals surface area contributed by atoms with Crippen molar-refractivity contribution in [2.24, 2.45) is 11.8 Å². The summed E-state index contributed by atoms with van der Waals surface area (Å²) in [5.74, 6) is 1.76. The molecule has 0 spiro atoms. The zero-order chi connectivity index (χ0) is 7.84. The Morgan fingerprint density at radius 3 is 2.64 bits per heavy atom. The molecule has 2 heterocycles. The van der Waals surface area contributed by atoms with Crippen LogP contribution >= 0.6 is 0 Å². The molecule has 0 aromatic carbocycles. The molecule has 0 radical (unpaired) electrons. The molecule has 0 amide bonds. The number of fused-ring (bicyclic) bond motifs is 2. The van der Waals surface area contributed by atoms with Gasteiger partial charge in [-0.3, -0.25) is 0 Å². The van der Waals surface area contributed by atoms with E-state index in [1.807, 2.05) is 0 Å². The molecule has 3 rings (SSSR count). The molecule has 64 valence electrons. The van der Waals surface area contributed by atoms with Crippen LogP contribution in [0.15, 0.2) is 0 Å². The van der Waals surface area contributed by atoms with E-state index in [0.717, 1.165) is 11.8 Å². The monoisotopic (exact) mass is 154 g/mol. The molecule has 4 atom stereocenters. The maximum Gasteiger partial charge on any atom is 0.0634 e. The first-order chi connectivity index (χ1) is 5.31. The fourth-order valence-corrected chi connectivity index (χ4v) is 2.47. The molecule has 1 aliphatic carbocycles. The van der Waals surface area contributed by atoms with Gasteiger partial charge in [-0.1, -0.05) is 20.3 Å². The third-order valence-electron chi connectivity index (χ3n) is 3.54. The van der Waals surface area contributed by atoms with Gasteiger partial charge in [0.25, 0.3) is 0 Å². The van der Waals surface area contributed by atoms with Crippen LogP contribution in [-0.2, 0) is 4.74 Å². The van der Waals surface area contributed by atoms with Crippen molar-refractivity contribution in [2.45, 2.75) is 51.7 Å². The Balaban J connectivity index is 1.92. The zero-order valence-corrected chi connectivity index (χ0v) is 7.55. The minimum absolute atomic E-state index is 0.642. The van der Waals surface area contributed by atoms with Crippen molar-refractivity contribution >= 4 is 0 Å². The minimum Gasteiger partial charge on any atom is -0.374 e. The molecule has 2 bridgehead atoms. The van der Waals surface area contributed by atoms with Crippen molar-refractivity contribution in [3.63, 3.8) is 0 Å². The van der Waals surface area contributed by atoms with E-state index in [2.05, 4.69) is 13.8 Å². The summed E-state index contributed by atoms with van der Waals surface area (Å²) in [5.41, 5.74) is 0. The van der Waals surface area contributed by atoms with Crippen molar-refractivity contribution in [3.8, 4) is 0 Å². The summed E-state index contributed by atoms with van der Waals surface area (Å²) in [6, 6.07) is 0. The van der Waals surface area contributed by atoms with Gasteiger partial charge in [0.05, 0.1) is 12.2 Å². The molecule has 4 unspecified atom stereocenters. The van der Waals surface area contributed by atoms with E-state index in [1.54, 1.807) is 0 Å². The van der Waals surface area contributed by atoms with Gasteiger partial charge in [0.2, 0.25) is 0 Å². The molecule has 2 aliphatic heterocycles. The van der Waals surface area contributed by atoms with E-state index in [-0.39, 0.29) is 0 Å². The Bertz CT molecular complexity index is 133. The summed E-state index contributed by atoms with van der Waals surface area (Å²) in [6.45, 7) is 4.65. The van der Waals surface area contributed by atoms with Crippen LogP contribution in [0.4, 0.5) is 0 Å². The maximum absolute atomic E-state index is 5.71. The normalized spacial score (nSPS) is 44.7. The highest BCUT2D eigenvalue weighted by Gasteiger charge is 2.42. The van der Waals surface area contributed by atoms with Gasteiger partial charge in [0, 0.05) is 6.42 Å². The van der Waals surface area contributed by atoms with Gasteiger partial charge in [-0.2, -0.15) is 0 Å². The molecule has 1 nitrogen and oxygen atoms in total. The molecular formula is C10H18O. The van der Waals surface area contributed by atoms with Crippen LogP contribution in [-0.4, -0.2) is 12.2 Å². The quantitative estimate of drug-likeness (QED) is 0.594. The molecule has 0 aromatic rings. The average molecular weight is 154 g/mol. The van der Waals surface area contributed by atoms with Gasteiger partial charge in [-0.25, -0.2) is 0 Å². The van der Waals surface area contributed by atoms with E-state index < -0.39 is 0 Å². The van der Waals surface area contributed by atoms with E-state index in [1.165, 1.54) is 25.7 Å². The third-order valence-corrected chi connectivity index (χ3v) is 3.54. The Morgan fingerprint density at radius 2 is 2.18 bits per heavy atom. The molecule has 0 N–H and O–H groups in total. The van der Waals surface area contributed by atoms with Gasteiger partial charge in [0.15, 0.2) is 0 Å². The summed E-state index contributed by atoms with van der Waals surface area (Å²) >= 11 is 0. The lowest BCUT2D eigenvalue weighted by molar-refractivity contribution is -0.194. The highest BCUT2D eigenvalue weighted by atomic mass is 16.5. The molecule has 0 aromatic heterocycles. The van der Waals surface area contributed by atoms with Gasteiger partial charge in [-0.05, 0) is 24.7 Å². The van der Waals surface area contributed by atoms with Crippen molar-refractivity contribution in [3.05, 3.63) is 0 Å². The Hall–Kier alpha value is -0.0400. The molecule has 2 saturated heterocycles. The molecule has 3 aliphatic rings. The Labute approximate surface area is 69.1 Å².